The molecule has 0 spiro atoms. The van der Waals surface area contributed by atoms with Crippen molar-refractivity contribution in [2.45, 2.75) is 44.7 Å². The molecule has 0 bridgehead atoms. The third kappa shape index (κ3) is 3.57. The molecule has 2 N–H and O–H groups in total. The molecule has 0 saturated heterocycles. The Morgan fingerprint density at radius 3 is 2.28 bits per heavy atom. The van der Waals surface area contributed by atoms with Crippen molar-refractivity contribution in [3.8, 4) is 0 Å². The number of hydrogen-bond donors (Lipinski definition) is 1. The highest BCUT2D eigenvalue weighted by molar-refractivity contribution is 6.59. The molecular formula is C14H24ClNOSi. The van der Waals surface area contributed by atoms with Crippen LogP contribution in [0.15, 0.2) is 24.3 Å². The molecule has 0 aliphatic rings. The van der Waals surface area contributed by atoms with Gasteiger partial charge in [-0.3, -0.25) is 0 Å². The van der Waals surface area contributed by atoms with Gasteiger partial charge in [0.15, 0.2) is 0 Å². The minimum Gasteiger partial charge on any atom is -0.367 e. The number of rotatable bonds is 4. The van der Waals surface area contributed by atoms with Gasteiger partial charge in [-0.25, -0.2) is 0 Å². The van der Waals surface area contributed by atoms with Gasteiger partial charge >= 0.3 is 0 Å². The maximum Gasteiger partial charge on any atom is 0.0912 e. The van der Waals surface area contributed by atoms with Gasteiger partial charge in [-0.1, -0.05) is 36.8 Å². The van der Waals surface area contributed by atoms with E-state index >= 15 is 0 Å². The van der Waals surface area contributed by atoms with Gasteiger partial charge in [0.05, 0.1) is 19.6 Å². The smallest absolute Gasteiger partial charge is 0.0912 e. The second-order valence-electron chi connectivity index (χ2n) is 5.97. The molecule has 18 heavy (non-hydrogen) atoms. The summed E-state index contributed by atoms with van der Waals surface area (Å²) in [5, 5.41) is 0.376. The molecule has 0 fully saturated rings. The van der Waals surface area contributed by atoms with Crippen LogP contribution in [-0.2, 0) is 9.96 Å². The van der Waals surface area contributed by atoms with Crippen molar-refractivity contribution in [2.75, 3.05) is 6.54 Å². The molecular weight excluding hydrogens is 262 g/mol. The molecule has 1 atom stereocenters. The molecule has 0 amide bonds. The number of halogens is 1. The summed E-state index contributed by atoms with van der Waals surface area (Å²) >= 11 is 6.10. The zero-order chi connectivity index (χ0) is 14.0. The zero-order valence-corrected chi connectivity index (χ0v) is 13.9. The van der Waals surface area contributed by atoms with Crippen LogP contribution in [0.2, 0.25) is 18.1 Å². The van der Waals surface area contributed by atoms with Gasteiger partial charge in [0.1, 0.15) is 0 Å². The molecule has 2 nitrogen and oxygen atoms in total. The first-order valence-electron chi connectivity index (χ1n) is 6.37. The predicted octanol–water partition coefficient (Wildman–Crippen LogP) is 3.34. The van der Waals surface area contributed by atoms with E-state index < -0.39 is 8.80 Å². The summed E-state index contributed by atoms with van der Waals surface area (Å²) in [6, 6.07) is 7.89. The summed E-state index contributed by atoms with van der Waals surface area (Å²) in [7, 11) is -1.17. The normalized spacial score (nSPS) is 15.8. The van der Waals surface area contributed by atoms with E-state index in [1.54, 1.807) is 0 Å². The van der Waals surface area contributed by atoms with E-state index in [1.165, 1.54) is 0 Å². The van der Waals surface area contributed by atoms with Crippen LogP contribution in [0.4, 0.5) is 0 Å². The Morgan fingerprint density at radius 2 is 1.89 bits per heavy atom. The van der Waals surface area contributed by atoms with Crippen LogP contribution in [0.25, 0.3) is 0 Å². The van der Waals surface area contributed by atoms with Crippen molar-refractivity contribution in [3.63, 3.8) is 0 Å². The summed E-state index contributed by atoms with van der Waals surface area (Å²) < 4.78 is 6.36. The average Bonchev–Trinajstić information content (AvgIpc) is 2.24. The van der Waals surface area contributed by atoms with E-state index in [4.69, 9.17) is 22.1 Å². The van der Waals surface area contributed by atoms with Crippen LogP contribution in [0, 0.1) is 0 Å². The summed E-state index contributed by atoms with van der Waals surface area (Å²) in [5.74, 6) is 0. The van der Waals surface area contributed by atoms with E-state index in [0.717, 1.165) is 10.6 Å². The van der Waals surface area contributed by atoms with Gasteiger partial charge in [-0.2, -0.15) is 0 Å². The highest BCUT2D eigenvalue weighted by Crippen LogP contribution is 2.33. The van der Waals surface area contributed by atoms with Crippen molar-refractivity contribution in [1.29, 1.82) is 0 Å². The lowest BCUT2D eigenvalue weighted by Gasteiger charge is -2.42. The van der Waals surface area contributed by atoms with Crippen LogP contribution < -0.4 is 5.73 Å². The van der Waals surface area contributed by atoms with Crippen LogP contribution in [-0.4, -0.2) is 20.9 Å². The second-order valence-corrected chi connectivity index (χ2v) is 9.65. The molecule has 0 radical (unpaired) electrons. The van der Waals surface area contributed by atoms with Crippen LogP contribution in [0.1, 0.15) is 26.3 Å². The van der Waals surface area contributed by atoms with Crippen molar-refractivity contribution in [1.82, 2.24) is 0 Å². The first-order valence-corrected chi connectivity index (χ1v) is 9.64. The average molecular weight is 286 g/mol. The van der Waals surface area contributed by atoms with Crippen molar-refractivity contribution >= 4 is 20.4 Å². The SMILES string of the molecule is C[SiH](C)[C@](CN)(OC(C)(C)C)c1cccc(Cl)c1. The van der Waals surface area contributed by atoms with Crippen molar-refractivity contribution in [2.24, 2.45) is 5.73 Å². The predicted molar refractivity (Wildman–Crippen MR) is 81.9 cm³/mol. The Labute approximate surface area is 117 Å². The minimum atomic E-state index is -1.17. The molecule has 4 heteroatoms. The fourth-order valence-electron chi connectivity index (χ4n) is 2.20. The Kier molecular flexibility index (Phi) is 5.01. The Hall–Kier alpha value is -0.353. The van der Waals surface area contributed by atoms with Gasteiger partial charge < -0.3 is 10.5 Å². The van der Waals surface area contributed by atoms with Crippen molar-refractivity contribution in [3.05, 3.63) is 34.9 Å². The Morgan fingerprint density at radius 1 is 1.28 bits per heavy atom. The number of hydrogen-bond acceptors (Lipinski definition) is 2. The molecule has 0 heterocycles. The fraction of sp³-hybridized carbons (Fsp3) is 0.571. The lowest BCUT2D eigenvalue weighted by molar-refractivity contribution is -0.0885. The number of ether oxygens (including phenoxy) is 1. The molecule has 1 aromatic rings. The second kappa shape index (κ2) is 5.74. The molecule has 0 aliphatic carbocycles. The molecule has 0 aromatic heterocycles. The topological polar surface area (TPSA) is 35.2 Å². The van der Waals surface area contributed by atoms with E-state index in [9.17, 15) is 0 Å². The van der Waals surface area contributed by atoms with Gasteiger partial charge in [-0.15, -0.1) is 0 Å². The third-order valence-electron chi connectivity index (χ3n) is 3.04. The monoisotopic (exact) mass is 285 g/mol. The van der Waals surface area contributed by atoms with Gasteiger partial charge in [0.25, 0.3) is 0 Å². The van der Waals surface area contributed by atoms with E-state index in [0.29, 0.717) is 6.54 Å². The highest BCUT2D eigenvalue weighted by Gasteiger charge is 2.39. The fourth-order valence-corrected chi connectivity index (χ4v) is 4.30. The Balaban J connectivity index is 3.27. The molecule has 102 valence electrons. The minimum absolute atomic E-state index is 0.223. The third-order valence-corrected chi connectivity index (χ3v) is 5.82. The van der Waals surface area contributed by atoms with Gasteiger partial charge in [-0.05, 0) is 38.5 Å². The summed E-state index contributed by atoms with van der Waals surface area (Å²) in [6.45, 7) is 11.2. The quantitative estimate of drug-likeness (QED) is 0.861. The van der Waals surface area contributed by atoms with Crippen LogP contribution in [0.5, 0.6) is 0 Å². The molecule has 0 unspecified atom stereocenters. The largest absolute Gasteiger partial charge is 0.367 e. The summed E-state index contributed by atoms with van der Waals surface area (Å²) in [4.78, 5) is 0. The highest BCUT2D eigenvalue weighted by atomic mass is 35.5. The van der Waals surface area contributed by atoms with Gasteiger partial charge in [0, 0.05) is 11.6 Å². The first-order chi connectivity index (χ1) is 8.21. The van der Waals surface area contributed by atoms with Crippen LogP contribution >= 0.6 is 11.6 Å². The lowest BCUT2D eigenvalue weighted by atomic mass is 10.1. The molecule has 0 saturated carbocycles. The van der Waals surface area contributed by atoms with Gasteiger partial charge in [0.2, 0.25) is 0 Å². The van der Waals surface area contributed by atoms with E-state index in [2.05, 4.69) is 39.9 Å². The molecule has 1 rings (SSSR count). The first kappa shape index (κ1) is 15.7. The standard InChI is InChI=1S/C14H24ClNOSi/c1-13(2,3)17-14(10-16,18(4)5)11-7-6-8-12(15)9-11/h6-9,18H,10,16H2,1-5H3/t14-/m0/s1. The molecule has 1 aromatic carbocycles. The zero-order valence-electron chi connectivity index (χ0n) is 12.0. The number of benzene rings is 1. The van der Waals surface area contributed by atoms with E-state index in [-0.39, 0.29) is 10.8 Å². The summed E-state index contributed by atoms with van der Waals surface area (Å²) in [5.41, 5.74) is 6.95. The number of nitrogens with two attached hydrogens (primary N) is 1. The van der Waals surface area contributed by atoms with Crippen LogP contribution in [0.3, 0.4) is 0 Å². The lowest BCUT2D eigenvalue weighted by Crippen LogP contribution is -2.52. The Bertz CT molecular complexity index is 403. The maximum atomic E-state index is 6.36. The van der Waals surface area contributed by atoms with E-state index in [1.807, 2.05) is 18.2 Å². The maximum absolute atomic E-state index is 6.36. The van der Waals surface area contributed by atoms with Crippen molar-refractivity contribution < 1.29 is 4.74 Å². The summed E-state index contributed by atoms with van der Waals surface area (Å²) in [6.07, 6.45) is 0. The molecule has 0 aliphatic heterocycles.